The molecule has 1 amide bonds. The van der Waals surface area contributed by atoms with Crippen LogP contribution in [0.25, 0.3) is 5.82 Å². The van der Waals surface area contributed by atoms with E-state index in [0.29, 0.717) is 35.5 Å². The summed E-state index contributed by atoms with van der Waals surface area (Å²) in [6, 6.07) is 0.782. The van der Waals surface area contributed by atoms with E-state index in [0.717, 1.165) is 12.8 Å². The number of aryl methyl sites for hydroxylation is 1. The number of halogens is 6. The standard InChI is InChI=1S/C21H18F6N6O3/c1-10-8-29-16(9-28-10)33-18(31-17(32-33)12-3-4-12)11(2)30-19(34)13-5-14(35-20(22,23)24)7-15(6-13)36-21(25,26)27/h5-9,11-12H,3-4H2,1-2H3,(H,30,34)/t11-/m0/s1. The minimum Gasteiger partial charge on any atom is -0.406 e. The molecule has 4 rings (SSSR count). The Kier molecular flexibility index (Phi) is 6.49. The van der Waals surface area contributed by atoms with Gasteiger partial charge in [-0.15, -0.1) is 31.4 Å². The van der Waals surface area contributed by atoms with Gasteiger partial charge in [0, 0.05) is 17.5 Å². The van der Waals surface area contributed by atoms with Gasteiger partial charge >= 0.3 is 12.7 Å². The highest BCUT2D eigenvalue weighted by molar-refractivity contribution is 5.95. The molecule has 0 radical (unpaired) electrons. The Morgan fingerprint density at radius 3 is 2.14 bits per heavy atom. The molecule has 1 aromatic carbocycles. The van der Waals surface area contributed by atoms with E-state index in [1.165, 1.54) is 24.0 Å². The van der Waals surface area contributed by atoms with E-state index in [1.807, 2.05) is 0 Å². The smallest absolute Gasteiger partial charge is 0.406 e. The molecule has 0 bridgehead atoms. The fraction of sp³-hybridized carbons (Fsp3) is 0.381. The van der Waals surface area contributed by atoms with Gasteiger partial charge in [0.1, 0.15) is 11.5 Å². The van der Waals surface area contributed by atoms with Crippen molar-refractivity contribution in [2.24, 2.45) is 0 Å². The van der Waals surface area contributed by atoms with E-state index in [9.17, 15) is 31.1 Å². The number of aromatic nitrogens is 5. The summed E-state index contributed by atoms with van der Waals surface area (Å²) in [6.45, 7) is 3.27. The number of nitrogens with one attached hydrogen (secondary N) is 1. The van der Waals surface area contributed by atoms with Crippen LogP contribution in [0.2, 0.25) is 0 Å². The van der Waals surface area contributed by atoms with Gasteiger partial charge in [0.15, 0.2) is 17.5 Å². The van der Waals surface area contributed by atoms with Crippen LogP contribution in [0.5, 0.6) is 11.5 Å². The van der Waals surface area contributed by atoms with Crippen LogP contribution in [0.3, 0.4) is 0 Å². The first kappa shape index (κ1) is 25.2. The molecule has 1 aliphatic carbocycles. The van der Waals surface area contributed by atoms with Crippen molar-refractivity contribution in [2.75, 3.05) is 0 Å². The summed E-state index contributed by atoms with van der Waals surface area (Å²) in [7, 11) is 0. The lowest BCUT2D eigenvalue weighted by Gasteiger charge is -2.16. The normalized spacial score (nSPS) is 14.9. The second-order valence-corrected chi connectivity index (χ2v) is 8.01. The number of carbonyl (C=O) groups excluding carboxylic acids is 1. The number of ether oxygens (including phenoxy) is 2. The van der Waals surface area contributed by atoms with Gasteiger partial charge in [-0.05, 0) is 38.8 Å². The molecule has 2 heterocycles. The summed E-state index contributed by atoms with van der Waals surface area (Å²) >= 11 is 0. The van der Waals surface area contributed by atoms with Crippen LogP contribution in [0.4, 0.5) is 26.3 Å². The van der Waals surface area contributed by atoms with Gasteiger partial charge in [-0.1, -0.05) is 0 Å². The van der Waals surface area contributed by atoms with Gasteiger partial charge in [-0.25, -0.2) is 9.97 Å². The molecule has 1 N–H and O–H groups in total. The number of carbonyl (C=O) groups is 1. The topological polar surface area (TPSA) is 104 Å². The van der Waals surface area contributed by atoms with Crippen molar-refractivity contribution in [3.63, 3.8) is 0 Å². The highest BCUT2D eigenvalue weighted by Crippen LogP contribution is 2.39. The maximum atomic E-state index is 12.8. The van der Waals surface area contributed by atoms with Crippen LogP contribution in [0, 0.1) is 6.92 Å². The number of nitrogens with zero attached hydrogens (tertiary/aromatic N) is 5. The molecule has 0 saturated heterocycles. The Morgan fingerprint density at radius 2 is 1.64 bits per heavy atom. The van der Waals surface area contributed by atoms with E-state index >= 15 is 0 Å². The average Bonchev–Trinajstić information content (AvgIpc) is 3.50. The first-order valence-corrected chi connectivity index (χ1v) is 10.5. The maximum absolute atomic E-state index is 12.8. The van der Waals surface area contributed by atoms with Crippen LogP contribution in [0.1, 0.15) is 59.4 Å². The number of benzene rings is 1. The number of hydrogen-bond acceptors (Lipinski definition) is 7. The Labute approximate surface area is 199 Å². The molecule has 192 valence electrons. The lowest BCUT2D eigenvalue weighted by molar-refractivity contribution is -0.276. The quantitative estimate of drug-likeness (QED) is 0.460. The van der Waals surface area contributed by atoms with Crippen LogP contribution >= 0.6 is 0 Å². The molecule has 1 fully saturated rings. The van der Waals surface area contributed by atoms with Crippen molar-refractivity contribution >= 4 is 5.91 Å². The molecule has 0 spiro atoms. The summed E-state index contributed by atoms with van der Waals surface area (Å²) in [5, 5.41) is 6.95. The zero-order chi connectivity index (χ0) is 26.3. The Hall–Kier alpha value is -3.91. The third-order valence-electron chi connectivity index (χ3n) is 4.92. The summed E-state index contributed by atoms with van der Waals surface area (Å²) < 4.78 is 84.7. The first-order valence-electron chi connectivity index (χ1n) is 10.5. The minimum atomic E-state index is -5.21. The van der Waals surface area contributed by atoms with E-state index in [4.69, 9.17) is 0 Å². The highest BCUT2D eigenvalue weighted by Gasteiger charge is 2.35. The molecular formula is C21H18F6N6O3. The molecule has 1 aliphatic rings. The zero-order valence-corrected chi connectivity index (χ0v) is 18.7. The maximum Gasteiger partial charge on any atom is 0.573 e. The third-order valence-corrected chi connectivity index (χ3v) is 4.92. The lowest BCUT2D eigenvalue weighted by Crippen LogP contribution is -2.29. The predicted octanol–water partition coefficient (Wildman–Crippen LogP) is 4.53. The Balaban J connectivity index is 1.62. The zero-order valence-electron chi connectivity index (χ0n) is 18.7. The van der Waals surface area contributed by atoms with Crippen molar-refractivity contribution in [1.29, 1.82) is 0 Å². The number of hydrogen-bond donors (Lipinski definition) is 1. The van der Waals surface area contributed by atoms with Crippen molar-refractivity contribution < 1.29 is 40.6 Å². The van der Waals surface area contributed by atoms with Gasteiger partial charge in [0.05, 0.1) is 24.1 Å². The number of rotatable bonds is 7. The van der Waals surface area contributed by atoms with Gasteiger partial charge < -0.3 is 14.8 Å². The Morgan fingerprint density at radius 1 is 1.03 bits per heavy atom. The van der Waals surface area contributed by atoms with E-state index < -0.39 is 41.7 Å². The molecule has 1 saturated carbocycles. The molecule has 2 aromatic heterocycles. The molecule has 0 unspecified atom stereocenters. The van der Waals surface area contributed by atoms with E-state index in [2.05, 4.69) is 34.8 Å². The first-order chi connectivity index (χ1) is 16.8. The van der Waals surface area contributed by atoms with Crippen LogP contribution in [-0.4, -0.2) is 43.4 Å². The van der Waals surface area contributed by atoms with E-state index in [1.54, 1.807) is 6.92 Å². The van der Waals surface area contributed by atoms with Gasteiger partial charge in [-0.2, -0.15) is 4.68 Å². The second kappa shape index (κ2) is 9.28. The summed E-state index contributed by atoms with van der Waals surface area (Å²) in [6.07, 6.45) is -5.67. The van der Waals surface area contributed by atoms with Crippen molar-refractivity contribution in [1.82, 2.24) is 30.0 Å². The van der Waals surface area contributed by atoms with Gasteiger partial charge in [0.2, 0.25) is 0 Å². The lowest BCUT2D eigenvalue weighted by atomic mass is 10.1. The van der Waals surface area contributed by atoms with Crippen LogP contribution in [0.15, 0.2) is 30.6 Å². The highest BCUT2D eigenvalue weighted by atomic mass is 19.4. The molecule has 9 nitrogen and oxygen atoms in total. The molecule has 3 aromatic rings. The number of alkyl halides is 6. The Bertz CT molecular complexity index is 1220. The summed E-state index contributed by atoms with van der Waals surface area (Å²) in [5.41, 5.74) is 0.0912. The molecule has 36 heavy (non-hydrogen) atoms. The van der Waals surface area contributed by atoms with Crippen molar-refractivity contribution in [2.45, 2.75) is 51.4 Å². The molecule has 1 atom stereocenters. The molecule has 0 aliphatic heterocycles. The largest absolute Gasteiger partial charge is 0.573 e. The van der Waals surface area contributed by atoms with Gasteiger partial charge in [-0.3, -0.25) is 9.78 Å². The summed E-state index contributed by atoms with van der Waals surface area (Å²) in [5.74, 6) is -1.89. The van der Waals surface area contributed by atoms with Crippen molar-refractivity contribution in [3.8, 4) is 17.3 Å². The van der Waals surface area contributed by atoms with Crippen LogP contribution < -0.4 is 14.8 Å². The minimum absolute atomic E-state index is 0.143. The van der Waals surface area contributed by atoms with Crippen molar-refractivity contribution in [3.05, 3.63) is 53.5 Å². The predicted molar refractivity (Wildman–Crippen MR) is 109 cm³/mol. The molecular weight excluding hydrogens is 498 g/mol. The van der Waals surface area contributed by atoms with Gasteiger partial charge in [0.25, 0.3) is 5.91 Å². The van der Waals surface area contributed by atoms with Crippen LogP contribution in [-0.2, 0) is 0 Å². The summed E-state index contributed by atoms with van der Waals surface area (Å²) in [4.78, 5) is 25.7. The van der Waals surface area contributed by atoms with E-state index in [-0.39, 0.29) is 11.7 Å². The average molecular weight is 516 g/mol. The fourth-order valence-corrected chi connectivity index (χ4v) is 3.23. The molecule has 15 heteroatoms. The second-order valence-electron chi connectivity index (χ2n) is 8.01. The monoisotopic (exact) mass is 516 g/mol. The SMILES string of the molecule is Cc1cnc(-n2nc(C3CC3)nc2[C@H](C)NC(=O)c2cc(OC(F)(F)F)cc(OC(F)(F)F)c2)cn1. The number of amides is 1. The fourth-order valence-electron chi connectivity index (χ4n) is 3.23. The third kappa shape index (κ3) is 6.40.